The monoisotopic (exact) mass is 411 g/mol. The Bertz CT molecular complexity index is 866. The molecule has 0 spiro atoms. The molecule has 0 aliphatic carbocycles. The first-order chi connectivity index (χ1) is 12.8. The van der Waals surface area contributed by atoms with Crippen LogP contribution in [0.1, 0.15) is 12.5 Å². The number of para-hydroxylation sites is 1. The molecule has 0 heterocycles. The number of amides is 1. The van der Waals surface area contributed by atoms with Crippen molar-refractivity contribution in [1.82, 2.24) is 0 Å². The first-order valence-corrected chi connectivity index (χ1v) is 8.54. The Balaban J connectivity index is 1.96. The van der Waals surface area contributed by atoms with Gasteiger partial charge in [0.1, 0.15) is 0 Å². The van der Waals surface area contributed by atoms with Crippen molar-refractivity contribution in [3.63, 3.8) is 0 Å². The zero-order chi connectivity index (χ0) is 20.0. The molecule has 2 rings (SSSR count). The fourth-order valence-electron chi connectivity index (χ4n) is 2.06. The second-order valence-electron chi connectivity index (χ2n) is 5.39. The van der Waals surface area contributed by atoms with E-state index in [1.807, 2.05) is 0 Å². The van der Waals surface area contributed by atoms with Gasteiger partial charge in [-0.2, -0.15) is 0 Å². The highest BCUT2D eigenvalue weighted by molar-refractivity contribution is 6.39. The van der Waals surface area contributed by atoms with Crippen molar-refractivity contribution in [3.8, 4) is 5.75 Å². The Morgan fingerprint density at radius 2 is 1.85 bits per heavy atom. The predicted octanol–water partition coefficient (Wildman–Crippen LogP) is 4.72. The zero-order valence-corrected chi connectivity index (χ0v) is 16.0. The quantitative estimate of drug-likeness (QED) is 0.551. The first-order valence-electron chi connectivity index (χ1n) is 7.79. The summed E-state index contributed by atoms with van der Waals surface area (Å²) in [6.45, 7) is 1.40. The van der Waals surface area contributed by atoms with Crippen molar-refractivity contribution < 1.29 is 23.5 Å². The van der Waals surface area contributed by atoms with Crippen LogP contribution in [-0.4, -0.2) is 25.1 Å². The van der Waals surface area contributed by atoms with E-state index in [-0.39, 0.29) is 21.5 Å². The summed E-state index contributed by atoms with van der Waals surface area (Å²) in [5, 5.41) is 3.03. The molecule has 1 amide bonds. The van der Waals surface area contributed by atoms with Crippen LogP contribution in [0.25, 0.3) is 6.08 Å². The van der Waals surface area contributed by atoms with Gasteiger partial charge in [0.15, 0.2) is 17.7 Å². The van der Waals surface area contributed by atoms with Crippen molar-refractivity contribution in [2.75, 3.05) is 12.4 Å². The van der Waals surface area contributed by atoms with E-state index in [9.17, 15) is 14.0 Å². The molecule has 142 valence electrons. The molecule has 0 aliphatic rings. The van der Waals surface area contributed by atoms with Crippen LogP contribution in [-0.2, 0) is 14.3 Å². The number of esters is 1. The molecule has 2 aromatic rings. The Hall–Kier alpha value is -2.57. The molecule has 0 bridgehead atoms. The maximum absolute atomic E-state index is 13.6. The van der Waals surface area contributed by atoms with Gasteiger partial charge in [0.2, 0.25) is 0 Å². The van der Waals surface area contributed by atoms with Crippen LogP contribution in [0.4, 0.5) is 10.1 Å². The lowest BCUT2D eigenvalue weighted by Crippen LogP contribution is -2.29. The Labute approximate surface area is 165 Å². The highest BCUT2D eigenvalue weighted by Gasteiger charge is 2.19. The Morgan fingerprint density at radius 3 is 2.44 bits per heavy atom. The molecule has 5 nitrogen and oxygen atoms in total. The summed E-state index contributed by atoms with van der Waals surface area (Å²) in [7, 11) is 1.35. The maximum atomic E-state index is 13.6. The number of anilines is 1. The molecule has 0 fully saturated rings. The third-order valence-electron chi connectivity index (χ3n) is 3.46. The third-order valence-corrected chi connectivity index (χ3v) is 4.09. The molecule has 0 aromatic heterocycles. The summed E-state index contributed by atoms with van der Waals surface area (Å²) in [5.41, 5.74) is 0.670. The lowest BCUT2D eigenvalue weighted by Gasteiger charge is -2.14. The molecule has 1 atom stereocenters. The van der Waals surface area contributed by atoms with Crippen molar-refractivity contribution in [3.05, 3.63) is 63.9 Å². The second kappa shape index (κ2) is 9.39. The van der Waals surface area contributed by atoms with Crippen LogP contribution in [0, 0.1) is 5.82 Å². The lowest BCUT2D eigenvalue weighted by molar-refractivity contribution is -0.148. The number of methoxy groups -OCH3 is 1. The number of carbonyl (C=O) groups is 2. The normalized spacial score (nSPS) is 11.9. The van der Waals surface area contributed by atoms with E-state index < -0.39 is 23.8 Å². The molecule has 2 aromatic carbocycles. The van der Waals surface area contributed by atoms with Crippen molar-refractivity contribution in [1.29, 1.82) is 0 Å². The van der Waals surface area contributed by atoms with Crippen molar-refractivity contribution in [2.45, 2.75) is 13.0 Å². The molecular formula is C19H16Cl2FNO4. The van der Waals surface area contributed by atoms with Gasteiger partial charge in [0.25, 0.3) is 5.91 Å². The average molecular weight is 412 g/mol. The van der Waals surface area contributed by atoms with Gasteiger partial charge in [-0.05, 0) is 42.8 Å². The number of hydrogen-bond donors (Lipinski definition) is 1. The maximum Gasteiger partial charge on any atom is 0.331 e. The van der Waals surface area contributed by atoms with E-state index in [2.05, 4.69) is 5.32 Å². The molecule has 0 aliphatic heterocycles. The standard InChI is InChI=1S/C19H16Cl2FNO4/c1-11(19(25)23-18-13(20)4-3-5-14(18)21)27-17(24)9-7-12-6-8-16(26-2)15(22)10-12/h3-11H,1-2H3,(H,23,25)/b9-7+/t11-/m1/s1. The van der Waals surface area contributed by atoms with Gasteiger partial charge >= 0.3 is 5.97 Å². The number of ether oxygens (including phenoxy) is 2. The summed E-state index contributed by atoms with van der Waals surface area (Å²) < 4.78 is 23.4. The molecule has 0 unspecified atom stereocenters. The van der Waals surface area contributed by atoms with E-state index in [1.54, 1.807) is 24.3 Å². The van der Waals surface area contributed by atoms with Crippen molar-refractivity contribution >= 4 is 46.8 Å². The fourth-order valence-corrected chi connectivity index (χ4v) is 2.55. The van der Waals surface area contributed by atoms with Crippen LogP contribution in [0.15, 0.2) is 42.5 Å². The van der Waals surface area contributed by atoms with Crippen LogP contribution < -0.4 is 10.1 Å². The van der Waals surface area contributed by atoms with Gasteiger partial charge in [-0.1, -0.05) is 35.3 Å². The molecular weight excluding hydrogens is 396 g/mol. The average Bonchev–Trinajstić information content (AvgIpc) is 2.63. The number of nitrogens with one attached hydrogen (secondary N) is 1. The summed E-state index contributed by atoms with van der Waals surface area (Å²) in [6.07, 6.45) is 1.36. The molecule has 8 heteroatoms. The van der Waals surface area contributed by atoms with E-state index in [0.29, 0.717) is 5.56 Å². The summed E-state index contributed by atoms with van der Waals surface area (Å²) in [6, 6.07) is 8.98. The lowest BCUT2D eigenvalue weighted by atomic mass is 10.2. The number of carbonyl (C=O) groups excluding carboxylic acids is 2. The van der Waals surface area contributed by atoms with Gasteiger partial charge in [0, 0.05) is 6.08 Å². The molecule has 0 radical (unpaired) electrons. The smallest absolute Gasteiger partial charge is 0.331 e. The van der Waals surface area contributed by atoms with E-state index in [4.69, 9.17) is 32.7 Å². The second-order valence-corrected chi connectivity index (χ2v) is 6.21. The number of rotatable bonds is 6. The van der Waals surface area contributed by atoms with Gasteiger partial charge < -0.3 is 14.8 Å². The summed E-state index contributed by atoms with van der Waals surface area (Å²) >= 11 is 12.0. The van der Waals surface area contributed by atoms with Crippen LogP contribution in [0.3, 0.4) is 0 Å². The number of benzene rings is 2. The molecule has 1 N–H and O–H groups in total. The minimum Gasteiger partial charge on any atom is -0.494 e. The van der Waals surface area contributed by atoms with Crippen LogP contribution in [0.5, 0.6) is 5.75 Å². The topological polar surface area (TPSA) is 64.6 Å². The fraction of sp³-hybridized carbons (Fsp3) is 0.158. The molecule has 0 saturated heterocycles. The van der Waals surface area contributed by atoms with Crippen LogP contribution in [0.2, 0.25) is 10.0 Å². The minimum atomic E-state index is -1.10. The summed E-state index contributed by atoms with van der Waals surface area (Å²) in [5.74, 6) is -1.82. The zero-order valence-electron chi connectivity index (χ0n) is 14.5. The van der Waals surface area contributed by atoms with Gasteiger partial charge in [-0.3, -0.25) is 4.79 Å². The highest BCUT2D eigenvalue weighted by atomic mass is 35.5. The SMILES string of the molecule is COc1ccc(/C=C/C(=O)O[C@H](C)C(=O)Nc2c(Cl)cccc2Cl)cc1F. The van der Waals surface area contributed by atoms with Gasteiger partial charge in [0.05, 0.1) is 22.8 Å². The van der Waals surface area contributed by atoms with E-state index >= 15 is 0 Å². The number of hydrogen-bond acceptors (Lipinski definition) is 4. The molecule has 0 saturated carbocycles. The van der Waals surface area contributed by atoms with Crippen LogP contribution >= 0.6 is 23.2 Å². The Kier molecular flexibility index (Phi) is 7.21. The van der Waals surface area contributed by atoms with E-state index in [0.717, 1.165) is 6.08 Å². The highest BCUT2D eigenvalue weighted by Crippen LogP contribution is 2.29. The Morgan fingerprint density at radius 1 is 1.19 bits per heavy atom. The first kappa shape index (κ1) is 20.7. The summed E-state index contributed by atoms with van der Waals surface area (Å²) in [4.78, 5) is 24.0. The number of halogens is 3. The third kappa shape index (κ3) is 5.70. The molecule has 27 heavy (non-hydrogen) atoms. The predicted molar refractivity (Wildman–Crippen MR) is 103 cm³/mol. The minimum absolute atomic E-state index is 0.0956. The van der Waals surface area contributed by atoms with Gasteiger partial charge in [-0.15, -0.1) is 0 Å². The largest absolute Gasteiger partial charge is 0.494 e. The van der Waals surface area contributed by atoms with Crippen molar-refractivity contribution in [2.24, 2.45) is 0 Å². The van der Waals surface area contributed by atoms with Gasteiger partial charge in [-0.25, -0.2) is 9.18 Å². The van der Waals surface area contributed by atoms with E-state index in [1.165, 1.54) is 32.2 Å².